The molecule has 0 spiro atoms. The van der Waals surface area contributed by atoms with Crippen molar-refractivity contribution in [3.8, 4) is 0 Å². The van der Waals surface area contributed by atoms with Gasteiger partial charge in [0.15, 0.2) is 11.9 Å². The summed E-state index contributed by atoms with van der Waals surface area (Å²) in [7, 11) is 0. The Morgan fingerprint density at radius 2 is 2.17 bits per heavy atom. The van der Waals surface area contributed by atoms with Crippen molar-refractivity contribution >= 4 is 17.5 Å². The van der Waals surface area contributed by atoms with Crippen LogP contribution >= 0.6 is 11.6 Å². The fourth-order valence-corrected chi connectivity index (χ4v) is 2.64. The summed E-state index contributed by atoms with van der Waals surface area (Å²) in [6.07, 6.45) is 3.22. The molecule has 1 aromatic rings. The molecule has 6 nitrogen and oxygen atoms in total. The van der Waals surface area contributed by atoms with E-state index >= 15 is 0 Å². The molecule has 3 rings (SSSR count). The van der Waals surface area contributed by atoms with Crippen LogP contribution in [-0.2, 0) is 0 Å². The molecule has 0 saturated carbocycles. The Labute approximate surface area is 109 Å². The van der Waals surface area contributed by atoms with Crippen molar-refractivity contribution < 1.29 is 9.90 Å². The number of aromatic nitrogens is 2. The molecule has 3 atom stereocenters. The number of carbonyl (C=O) groups is 1. The van der Waals surface area contributed by atoms with Gasteiger partial charge in [-0.3, -0.25) is 20.0 Å². The predicted octanol–water partition coefficient (Wildman–Crippen LogP) is 0.240. The molecular formula is C11H13ClN4O2. The Morgan fingerprint density at radius 1 is 1.39 bits per heavy atom. The molecule has 3 heterocycles. The molecule has 18 heavy (non-hydrogen) atoms. The Bertz CT molecular complexity index is 476. The first kappa shape index (κ1) is 11.8. The lowest BCUT2D eigenvalue weighted by Crippen LogP contribution is -2.52. The molecule has 1 saturated heterocycles. The quantitative estimate of drug-likeness (QED) is 0.714. The standard InChI is InChI=1S/C11H13ClN4O2/c12-6-1-2-7(15-5-6)16-10(17)8-9(11(16)18)14-4-3-13-8/h3-4,6-7,10,15,17H,1-2,5H2/t6-,7-,10+/m1/s1. The van der Waals surface area contributed by atoms with E-state index in [2.05, 4.69) is 15.3 Å². The SMILES string of the molecule is O=C1c2nccnc2[C@H](O)N1[C@@H]1CC[C@@H](Cl)CN1. The molecule has 0 bridgehead atoms. The van der Waals surface area contributed by atoms with Gasteiger partial charge < -0.3 is 5.11 Å². The summed E-state index contributed by atoms with van der Waals surface area (Å²) in [6.45, 7) is 0.625. The van der Waals surface area contributed by atoms with E-state index in [1.807, 2.05) is 0 Å². The minimum atomic E-state index is -1.02. The van der Waals surface area contributed by atoms with Crippen LogP contribution in [0.2, 0.25) is 0 Å². The van der Waals surface area contributed by atoms with Crippen LogP contribution in [0, 0.1) is 0 Å². The lowest BCUT2D eigenvalue weighted by molar-refractivity contribution is -0.0178. The van der Waals surface area contributed by atoms with Crippen molar-refractivity contribution in [2.45, 2.75) is 30.6 Å². The number of hydrogen-bond donors (Lipinski definition) is 2. The lowest BCUT2D eigenvalue weighted by Gasteiger charge is -2.35. The van der Waals surface area contributed by atoms with Gasteiger partial charge in [-0.25, -0.2) is 4.98 Å². The Hall–Kier alpha value is -1.24. The van der Waals surface area contributed by atoms with E-state index in [9.17, 15) is 9.90 Å². The summed E-state index contributed by atoms with van der Waals surface area (Å²) in [5.74, 6) is -0.281. The van der Waals surface area contributed by atoms with Crippen LogP contribution in [0.3, 0.4) is 0 Å². The van der Waals surface area contributed by atoms with Gasteiger partial charge in [-0.05, 0) is 12.8 Å². The molecule has 0 aromatic carbocycles. The highest BCUT2D eigenvalue weighted by Gasteiger charge is 2.42. The van der Waals surface area contributed by atoms with Crippen molar-refractivity contribution in [2.24, 2.45) is 0 Å². The summed E-state index contributed by atoms with van der Waals surface area (Å²) < 4.78 is 0. The van der Waals surface area contributed by atoms with Gasteiger partial charge >= 0.3 is 0 Å². The van der Waals surface area contributed by atoms with E-state index < -0.39 is 6.23 Å². The topological polar surface area (TPSA) is 78.3 Å². The highest BCUT2D eigenvalue weighted by molar-refractivity contribution is 6.20. The van der Waals surface area contributed by atoms with Crippen LogP contribution in [0.5, 0.6) is 0 Å². The zero-order valence-corrected chi connectivity index (χ0v) is 10.3. The average molecular weight is 269 g/mol. The first-order valence-electron chi connectivity index (χ1n) is 5.87. The van der Waals surface area contributed by atoms with Crippen molar-refractivity contribution in [1.29, 1.82) is 0 Å². The van der Waals surface area contributed by atoms with Gasteiger partial charge in [0, 0.05) is 24.3 Å². The molecule has 0 aliphatic carbocycles. The maximum atomic E-state index is 12.2. The van der Waals surface area contributed by atoms with Crippen LogP contribution in [-0.4, -0.2) is 44.0 Å². The van der Waals surface area contributed by atoms with E-state index in [4.69, 9.17) is 11.6 Å². The maximum Gasteiger partial charge on any atom is 0.278 e. The zero-order chi connectivity index (χ0) is 12.7. The maximum absolute atomic E-state index is 12.2. The number of amides is 1. The highest BCUT2D eigenvalue weighted by atomic mass is 35.5. The van der Waals surface area contributed by atoms with E-state index in [1.165, 1.54) is 17.3 Å². The first-order chi connectivity index (χ1) is 8.68. The number of hydrogen-bond acceptors (Lipinski definition) is 5. The van der Waals surface area contributed by atoms with Crippen LogP contribution in [0.15, 0.2) is 12.4 Å². The van der Waals surface area contributed by atoms with E-state index in [0.29, 0.717) is 18.7 Å². The Morgan fingerprint density at radius 3 is 2.83 bits per heavy atom. The van der Waals surface area contributed by atoms with E-state index in [0.717, 1.165) is 6.42 Å². The van der Waals surface area contributed by atoms with Crippen LogP contribution < -0.4 is 5.32 Å². The number of aliphatic hydroxyl groups is 1. The largest absolute Gasteiger partial charge is 0.368 e. The summed E-state index contributed by atoms with van der Waals surface area (Å²) >= 11 is 6.00. The number of halogens is 1. The van der Waals surface area contributed by atoms with Gasteiger partial charge in [0.1, 0.15) is 5.69 Å². The minimum Gasteiger partial charge on any atom is -0.368 e. The zero-order valence-electron chi connectivity index (χ0n) is 9.58. The third kappa shape index (κ3) is 1.77. The predicted molar refractivity (Wildman–Crippen MR) is 63.8 cm³/mol. The monoisotopic (exact) mass is 268 g/mol. The fraction of sp³-hybridized carbons (Fsp3) is 0.545. The first-order valence-corrected chi connectivity index (χ1v) is 6.31. The number of nitrogens with zero attached hydrogens (tertiary/aromatic N) is 3. The summed E-state index contributed by atoms with van der Waals surface area (Å²) in [5, 5.41) is 13.4. The molecule has 2 aliphatic rings. The number of alkyl halides is 1. The second-order valence-electron chi connectivity index (χ2n) is 4.47. The molecule has 96 valence electrons. The fourth-order valence-electron chi connectivity index (χ4n) is 2.42. The van der Waals surface area contributed by atoms with Crippen molar-refractivity contribution in [3.05, 3.63) is 23.8 Å². The number of carbonyl (C=O) groups excluding carboxylic acids is 1. The van der Waals surface area contributed by atoms with Gasteiger partial charge in [-0.2, -0.15) is 0 Å². The van der Waals surface area contributed by atoms with Gasteiger partial charge in [-0.1, -0.05) is 0 Å². The second kappa shape index (κ2) is 4.46. The van der Waals surface area contributed by atoms with Crippen molar-refractivity contribution in [2.75, 3.05) is 6.54 Å². The van der Waals surface area contributed by atoms with Gasteiger partial charge in [-0.15, -0.1) is 11.6 Å². The molecule has 1 amide bonds. The van der Waals surface area contributed by atoms with Gasteiger partial charge in [0.25, 0.3) is 5.91 Å². The van der Waals surface area contributed by atoms with Crippen molar-refractivity contribution in [3.63, 3.8) is 0 Å². The summed E-state index contributed by atoms with van der Waals surface area (Å²) in [4.78, 5) is 21.6. The molecule has 7 heteroatoms. The molecule has 1 fully saturated rings. The van der Waals surface area contributed by atoms with Gasteiger partial charge in [0.2, 0.25) is 0 Å². The van der Waals surface area contributed by atoms with E-state index in [1.54, 1.807) is 0 Å². The minimum absolute atomic E-state index is 0.0784. The van der Waals surface area contributed by atoms with Crippen molar-refractivity contribution in [1.82, 2.24) is 20.2 Å². The second-order valence-corrected chi connectivity index (χ2v) is 5.09. The van der Waals surface area contributed by atoms with Crippen LogP contribution in [0.1, 0.15) is 35.3 Å². The average Bonchev–Trinajstić information content (AvgIpc) is 2.64. The summed E-state index contributed by atoms with van der Waals surface area (Å²) in [6, 6.07) is 0. The molecule has 2 N–H and O–H groups in total. The number of piperidine rings is 1. The van der Waals surface area contributed by atoms with Crippen LogP contribution in [0.25, 0.3) is 0 Å². The third-order valence-corrected chi connectivity index (χ3v) is 3.71. The number of fused-ring (bicyclic) bond motifs is 1. The molecule has 0 radical (unpaired) electrons. The lowest BCUT2D eigenvalue weighted by atomic mass is 10.1. The molecular weight excluding hydrogens is 256 g/mol. The number of nitrogens with one attached hydrogen (secondary N) is 1. The molecule has 0 unspecified atom stereocenters. The molecule has 2 aliphatic heterocycles. The smallest absolute Gasteiger partial charge is 0.278 e. The third-order valence-electron chi connectivity index (χ3n) is 3.34. The Balaban J connectivity index is 1.85. The summed E-state index contributed by atoms with van der Waals surface area (Å²) in [5.41, 5.74) is 0.567. The number of rotatable bonds is 1. The van der Waals surface area contributed by atoms with E-state index in [-0.39, 0.29) is 23.1 Å². The van der Waals surface area contributed by atoms with Crippen LogP contribution in [0.4, 0.5) is 0 Å². The molecule has 1 aromatic heterocycles. The van der Waals surface area contributed by atoms with Gasteiger partial charge in [0.05, 0.1) is 6.17 Å². The normalized spacial score (nSPS) is 31.6. The number of aliphatic hydroxyl groups excluding tert-OH is 1. The highest BCUT2D eigenvalue weighted by Crippen LogP contribution is 2.32. The Kier molecular flexibility index (Phi) is 2.93.